The number of ether oxygens (including phenoxy) is 6. The summed E-state index contributed by atoms with van der Waals surface area (Å²) in [6.45, 7) is 0.181. The Morgan fingerprint density at radius 2 is 1.60 bits per heavy atom. The molecule has 1 saturated carbocycles. The second-order valence-electron chi connectivity index (χ2n) is 7.98. The zero-order valence-electron chi connectivity index (χ0n) is 17.4. The van der Waals surface area contributed by atoms with Crippen molar-refractivity contribution >= 4 is 0 Å². The topological polar surface area (TPSA) is 75.6 Å². The molecule has 2 aromatic rings. The van der Waals surface area contributed by atoms with E-state index in [4.69, 9.17) is 28.4 Å². The molecule has 0 radical (unpaired) electrons. The maximum absolute atomic E-state index is 11.5. The molecule has 1 fully saturated rings. The lowest BCUT2D eigenvalue weighted by molar-refractivity contribution is -0.208. The molecule has 0 bridgehead atoms. The summed E-state index contributed by atoms with van der Waals surface area (Å²) >= 11 is 0. The lowest BCUT2D eigenvalue weighted by Crippen LogP contribution is -2.51. The number of fused-ring (bicyclic) bond motifs is 3. The van der Waals surface area contributed by atoms with Crippen LogP contribution in [-0.2, 0) is 0 Å². The summed E-state index contributed by atoms with van der Waals surface area (Å²) in [5.41, 5.74) is 1.93. The van der Waals surface area contributed by atoms with Crippen molar-refractivity contribution in [2.75, 3.05) is 28.1 Å². The average Bonchev–Trinajstić information content (AvgIpc) is 3.21. The third kappa shape index (κ3) is 2.83. The summed E-state index contributed by atoms with van der Waals surface area (Å²) in [4.78, 5) is 0. The van der Waals surface area contributed by atoms with Gasteiger partial charge >= 0.3 is 0 Å². The predicted molar refractivity (Wildman–Crippen MR) is 108 cm³/mol. The molecular weight excluding hydrogens is 388 g/mol. The van der Waals surface area contributed by atoms with E-state index >= 15 is 0 Å². The van der Waals surface area contributed by atoms with Crippen LogP contribution in [0.5, 0.6) is 34.5 Å². The van der Waals surface area contributed by atoms with Gasteiger partial charge in [-0.15, -0.1) is 0 Å². The van der Waals surface area contributed by atoms with E-state index in [1.165, 1.54) is 0 Å². The van der Waals surface area contributed by atoms with Crippen LogP contribution in [0.1, 0.15) is 42.7 Å². The maximum atomic E-state index is 11.5. The molecule has 0 unspecified atom stereocenters. The molecule has 2 heterocycles. The van der Waals surface area contributed by atoms with Crippen molar-refractivity contribution in [1.82, 2.24) is 0 Å². The lowest BCUT2D eigenvalue weighted by Gasteiger charge is -2.48. The number of benzene rings is 2. The molecular formula is C23H26O7. The Bertz CT molecular complexity index is 947. The standard InChI is InChI=1S/C23H26O7/c1-25-19-8-13(9-20(26-2)22(19)27-3)21-14-10-17-18(29-12-28-17)11-16(14)30-23(24)7-5-4-6-15(21)23/h8-11,15,21,24H,4-7,12H2,1-3H3/t15-,21+,23+/m1/s1. The van der Waals surface area contributed by atoms with Gasteiger partial charge in [0.25, 0.3) is 0 Å². The molecule has 3 aliphatic rings. The number of rotatable bonds is 4. The van der Waals surface area contributed by atoms with Crippen LogP contribution in [0, 0.1) is 5.92 Å². The van der Waals surface area contributed by atoms with Crippen molar-refractivity contribution in [1.29, 1.82) is 0 Å². The fourth-order valence-corrected chi connectivity index (χ4v) is 5.08. The molecule has 7 nitrogen and oxygen atoms in total. The van der Waals surface area contributed by atoms with Crippen molar-refractivity contribution in [3.05, 3.63) is 35.4 Å². The largest absolute Gasteiger partial charge is 0.493 e. The highest BCUT2D eigenvalue weighted by atomic mass is 16.7. The lowest BCUT2D eigenvalue weighted by atomic mass is 9.68. The van der Waals surface area contributed by atoms with Crippen LogP contribution >= 0.6 is 0 Å². The average molecular weight is 414 g/mol. The zero-order valence-corrected chi connectivity index (χ0v) is 17.4. The molecule has 1 aliphatic carbocycles. The Hall–Kier alpha value is -2.80. The number of methoxy groups -OCH3 is 3. The summed E-state index contributed by atoms with van der Waals surface area (Å²) < 4.78 is 34.0. The van der Waals surface area contributed by atoms with Gasteiger partial charge in [-0.2, -0.15) is 0 Å². The van der Waals surface area contributed by atoms with Gasteiger partial charge < -0.3 is 33.5 Å². The molecule has 160 valence electrons. The van der Waals surface area contributed by atoms with Crippen LogP contribution in [0.4, 0.5) is 0 Å². The Morgan fingerprint density at radius 1 is 0.900 bits per heavy atom. The van der Waals surface area contributed by atoms with Crippen molar-refractivity contribution in [2.24, 2.45) is 5.92 Å². The summed E-state index contributed by atoms with van der Waals surface area (Å²) in [6.07, 6.45) is 3.41. The molecule has 0 saturated heterocycles. The van der Waals surface area contributed by atoms with Crippen molar-refractivity contribution in [3.8, 4) is 34.5 Å². The van der Waals surface area contributed by atoms with E-state index in [-0.39, 0.29) is 18.6 Å². The van der Waals surface area contributed by atoms with E-state index in [0.717, 1.165) is 30.4 Å². The van der Waals surface area contributed by atoms with Crippen molar-refractivity contribution in [2.45, 2.75) is 37.4 Å². The molecule has 0 amide bonds. The van der Waals surface area contributed by atoms with Crippen molar-refractivity contribution in [3.63, 3.8) is 0 Å². The minimum absolute atomic E-state index is 0.109. The Balaban J connectivity index is 1.72. The molecule has 7 heteroatoms. The highest BCUT2D eigenvalue weighted by molar-refractivity contribution is 5.60. The summed E-state index contributed by atoms with van der Waals surface area (Å²) in [6, 6.07) is 7.71. The molecule has 2 aliphatic heterocycles. The monoisotopic (exact) mass is 414 g/mol. The first-order valence-electron chi connectivity index (χ1n) is 10.2. The smallest absolute Gasteiger partial charge is 0.231 e. The van der Waals surface area contributed by atoms with E-state index in [9.17, 15) is 5.11 Å². The summed E-state index contributed by atoms with van der Waals surface area (Å²) in [7, 11) is 4.80. The minimum atomic E-state index is -1.23. The van der Waals surface area contributed by atoms with Gasteiger partial charge in [0, 0.05) is 29.9 Å². The first kappa shape index (κ1) is 19.2. The predicted octanol–water partition coefficient (Wildman–Crippen LogP) is 3.84. The second kappa shape index (κ2) is 7.16. The van der Waals surface area contributed by atoms with E-state index in [2.05, 4.69) is 0 Å². The highest BCUT2D eigenvalue weighted by Gasteiger charge is 2.51. The molecule has 2 aromatic carbocycles. The van der Waals surface area contributed by atoms with Crippen LogP contribution < -0.4 is 28.4 Å². The Kier molecular flexibility index (Phi) is 4.58. The second-order valence-corrected chi connectivity index (χ2v) is 7.98. The molecule has 0 spiro atoms. The van der Waals surface area contributed by atoms with E-state index < -0.39 is 5.79 Å². The van der Waals surface area contributed by atoms with E-state index in [1.807, 2.05) is 24.3 Å². The normalized spacial score (nSPS) is 26.3. The van der Waals surface area contributed by atoms with Gasteiger partial charge in [-0.1, -0.05) is 6.42 Å². The van der Waals surface area contributed by atoms with Crippen LogP contribution in [0.25, 0.3) is 0 Å². The Morgan fingerprint density at radius 3 is 2.27 bits per heavy atom. The molecule has 30 heavy (non-hydrogen) atoms. The van der Waals surface area contributed by atoms with Gasteiger partial charge in [0.2, 0.25) is 18.3 Å². The maximum Gasteiger partial charge on any atom is 0.231 e. The fraction of sp³-hybridized carbons (Fsp3) is 0.478. The van der Waals surface area contributed by atoms with Gasteiger partial charge in [0.05, 0.1) is 21.3 Å². The van der Waals surface area contributed by atoms with Crippen LogP contribution in [-0.4, -0.2) is 39.0 Å². The molecule has 5 rings (SSSR count). The molecule has 0 aromatic heterocycles. The van der Waals surface area contributed by atoms with E-state index in [1.54, 1.807) is 21.3 Å². The third-order valence-corrected chi connectivity index (χ3v) is 6.45. The quantitative estimate of drug-likeness (QED) is 0.815. The van der Waals surface area contributed by atoms with Gasteiger partial charge in [-0.25, -0.2) is 0 Å². The highest BCUT2D eigenvalue weighted by Crippen LogP contribution is 2.56. The first-order valence-corrected chi connectivity index (χ1v) is 10.2. The van der Waals surface area contributed by atoms with Crippen LogP contribution in [0.2, 0.25) is 0 Å². The van der Waals surface area contributed by atoms with Crippen LogP contribution in [0.15, 0.2) is 24.3 Å². The zero-order chi connectivity index (χ0) is 20.9. The first-order chi connectivity index (χ1) is 14.6. The third-order valence-electron chi connectivity index (χ3n) is 6.45. The molecule has 1 N–H and O–H groups in total. The minimum Gasteiger partial charge on any atom is -0.493 e. The van der Waals surface area contributed by atoms with E-state index in [0.29, 0.717) is 40.9 Å². The number of aliphatic hydroxyl groups is 1. The summed E-state index contributed by atoms with van der Waals surface area (Å²) in [5.74, 6) is 2.19. The fourth-order valence-electron chi connectivity index (χ4n) is 5.08. The van der Waals surface area contributed by atoms with Crippen LogP contribution in [0.3, 0.4) is 0 Å². The Labute approximate surface area is 175 Å². The molecule has 3 atom stereocenters. The summed E-state index contributed by atoms with van der Waals surface area (Å²) in [5, 5.41) is 11.5. The number of hydrogen-bond acceptors (Lipinski definition) is 7. The van der Waals surface area contributed by atoms with Gasteiger partial charge in [0.15, 0.2) is 23.0 Å². The van der Waals surface area contributed by atoms with Gasteiger partial charge in [0.1, 0.15) is 5.75 Å². The SMILES string of the molecule is COc1cc([C@H]2c3cc4c(cc3O[C@@]3(O)CCCC[C@H]23)OCO4)cc(OC)c1OC. The number of hydrogen-bond donors (Lipinski definition) is 1. The van der Waals surface area contributed by atoms with Gasteiger partial charge in [-0.3, -0.25) is 0 Å². The van der Waals surface area contributed by atoms with Gasteiger partial charge in [-0.05, 0) is 36.6 Å². The van der Waals surface area contributed by atoms with Crippen molar-refractivity contribution < 1.29 is 33.5 Å².